The molecule has 1 aromatic heterocycles. The summed E-state index contributed by atoms with van der Waals surface area (Å²) in [6.45, 7) is 2.89. The van der Waals surface area contributed by atoms with E-state index in [4.69, 9.17) is 16.6 Å². The SMILES string of the molecule is O=C(c1ccco1)N1CCN(C(=S)SCc2ccccc2)CC1. The number of carbonyl (C=O) groups excluding carboxylic acids is 1. The van der Waals surface area contributed by atoms with Crippen molar-refractivity contribution in [2.24, 2.45) is 0 Å². The predicted molar refractivity (Wildman–Crippen MR) is 96.5 cm³/mol. The summed E-state index contributed by atoms with van der Waals surface area (Å²) in [5, 5.41) is 0. The molecule has 0 saturated carbocycles. The molecule has 1 aliphatic rings. The highest BCUT2D eigenvalue weighted by Crippen LogP contribution is 2.18. The molecule has 0 radical (unpaired) electrons. The number of carbonyl (C=O) groups is 1. The molecule has 2 aromatic rings. The molecule has 23 heavy (non-hydrogen) atoms. The van der Waals surface area contributed by atoms with E-state index < -0.39 is 0 Å². The highest BCUT2D eigenvalue weighted by Gasteiger charge is 2.24. The molecule has 1 aromatic carbocycles. The van der Waals surface area contributed by atoms with Crippen LogP contribution in [0.2, 0.25) is 0 Å². The largest absolute Gasteiger partial charge is 0.459 e. The summed E-state index contributed by atoms with van der Waals surface area (Å²) in [7, 11) is 0. The average Bonchev–Trinajstić information content (AvgIpc) is 3.15. The topological polar surface area (TPSA) is 36.7 Å². The van der Waals surface area contributed by atoms with Crippen LogP contribution in [0.25, 0.3) is 0 Å². The van der Waals surface area contributed by atoms with E-state index in [-0.39, 0.29) is 5.91 Å². The second kappa shape index (κ2) is 7.66. The molecule has 0 aliphatic carbocycles. The van der Waals surface area contributed by atoms with E-state index in [1.54, 1.807) is 23.9 Å². The summed E-state index contributed by atoms with van der Waals surface area (Å²) in [6.07, 6.45) is 1.53. The summed E-state index contributed by atoms with van der Waals surface area (Å²) < 4.78 is 6.08. The molecule has 3 rings (SSSR count). The maximum absolute atomic E-state index is 12.2. The molecule has 4 nitrogen and oxygen atoms in total. The maximum Gasteiger partial charge on any atom is 0.289 e. The summed E-state index contributed by atoms with van der Waals surface area (Å²) in [5.41, 5.74) is 1.27. The molecule has 6 heteroatoms. The summed E-state index contributed by atoms with van der Waals surface area (Å²) in [5.74, 6) is 1.24. The van der Waals surface area contributed by atoms with E-state index in [1.165, 1.54) is 11.8 Å². The first-order valence-electron chi connectivity index (χ1n) is 7.52. The van der Waals surface area contributed by atoms with Gasteiger partial charge in [0.15, 0.2) is 5.76 Å². The van der Waals surface area contributed by atoms with Crippen LogP contribution in [-0.2, 0) is 5.75 Å². The molecule has 1 amide bonds. The summed E-state index contributed by atoms with van der Waals surface area (Å²) >= 11 is 7.20. The van der Waals surface area contributed by atoms with Gasteiger partial charge in [-0.05, 0) is 17.7 Å². The number of furan rings is 1. The van der Waals surface area contributed by atoms with Crippen LogP contribution in [0, 0.1) is 0 Å². The number of benzene rings is 1. The smallest absolute Gasteiger partial charge is 0.289 e. The number of thioether (sulfide) groups is 1. The van der Waals surface area contributed by atoms with E-state index in [9.17, 15) is 4.79 Å². The Morgan fingerprint density at radius 1 is 1.04 bits per heavy atom. The molecule has 1 aliphatic heterocycles. The zero-order valence-electron chi connectivity index (χ0n) is 12.7. The van der Waals surface area contributed by atoms with Crippen molar-refractivity contribution in [1.29, 1.82) is 0 Å². The number of piperazine rings is 1. The maximum atomic E-state index is 12.2. The minimum Gasteiger partial charge on any atom is -0.459 e. The van der Waals surface area contributed by atoms with Crippen molar-refractivity contribution < 1.29 is 9.21 Å². The standard InChI is InChI=1S/C17H18N2O2S2/c20-16(15-7-4-12-21-15)18-8-10-19(11-9-18)17(22)23-13-14-5-2-1-3-6-14/h1-7,12H,8-11,13H2. The van der Waals surface area contributed by atoms with Gasteiger partial charge in [-0.1, -0.05) is 54.3 Å². The molecule has 1 saturated heterocycles. The van der Waals surface area contributed by atoms with Crippen molar-refractivity contribution in [2.45, 2.75) is 5.75 Å². The Morgan fingerprint density at radius 2 is 1.74 bits per heavy atom. The first-order chi connectivity index (χ1) is 11.2. The Bertz CT molecular complexity index is 650. The van der Waals surface area contributed by atoms with E-state index in [1.807, 2.05) is 23.1 Å². The molecular formula is C17H18N2O2S2. The van der Waals surface area contributed by atoms with Crippen LogP contribution in [0.1, 0.15) is 16.1 Å². The molecular weight excluding hydrogens is 328 g/mol. The summed E-state index contributed by atoms with van der Waals surface area (Å²) in [4.78, 5) is 16.2. The third kappa shape index (κ3) is 4.14. The second-order valence-electron chi connectivity index (χ2n) is 5.30. The van der Waals surface area contributed by atoms with Gasteiger partial charge in [0.25, 0.3) is 5.91 Å². The fourth-order valence-corrected chi connectivity index (χ4v) is 3.67. The molecule has 0 unspecified atom stereocenters. The number of thiocarbonyl (C=S) groups is 1. The van der Waals surface area contributed by atoms with Crippen LogP contribution in [0.4, 0.5) is 0 Å². The highest BCUT2D eigenvalue weighted by atomic mass is 32.2. The van der Waals surface area contributed by atoms with E-state index in [0.717, 1.165) is 23.2 Å². The first kappa shape index (κ1) is 16.1. The Kier molecular flexibility index (Phi) is 5.35. The van der Waals surface area contributed by atoms with Gasteiger partial charge >= 0.3 is 0 Å². The Morgan fingerprint density at radius 3 is 2.39 bits per heavy atom. The molecule has 1 fully saturated rings. The number of amides is 1. The Labute approximate surface area is 145 Å². The van der Waals surface area contributed by atoms with Crippen molar-refractivity contribution in [3.63, 3.8) is 0 Å². The van der Waals surface area contributed by atoms with Gasteiger partial charge in [-0.3, -0.25) is 4.79 Å². The number of hydrogen-bond acceptors (Lipinski definition) is 4. The molecule has 0 atom stereocenters. The van der Waals surface area contributed by atoms with Gasteiger partial charge < -0.3 is 14.2 Å². The minimum absolute atomic E-state index is 0.0440. The molecule has 2 heterocycles. The normalized spacial score (nSPS) is 14.8. The second-order valence-corrected chi connectivity index (χ2v) is 6.91. The van der Waals surface area contributed by atoms with Crippen LogP contribution in [0.5, 0.6) is 0 Å². The molecule has 0 bridgehead atoms. The lowest BCUT2D eigenvalue weighted by molar-refractivity contribution is 0.0663. The van der Waals surface area contributed by atoms with Crippen molar-refractivity contribution in [1.82, 2.24) is 9.80 Å². The lowest BCUT2D eigenvalue weighted by Gasteiger charge is -2.35. The van der Waals surface area contributed by atoms with Gasteiger partial charge in [-0.15, -0.1) is 0 Å². The van der Waals surface area contributed by atoms with E-state index >= 15 is 0 Å². The Balaban J connectivity index is 1.47. The van der Waals surface area contributed by atoms with Crippen molar-refractivity contribution in [3.05, 3.63) is 60.1 Å². The van der Waals surface area contributed by atoms with Crippen LogP contribution in [0.15, 0.2) is 53.1 Å². The van der Waals surface area contributed by atoms with E-state index in [0.29, 0.717) is 18.8 Å². The average molecular weight is 346 g/mol. The first-order valence-corrected chi connectivity index (χ1v) is 8.92. The fraction of sp³-hybridized carbons (Fsp3) is 0.294. The van der Waals surface area contributed by atoms with Gasteiger partial charge in [0, 0.05) is 31.9 Å². The lowest BCUT2D eigenvalue weighted by Crippen LogP contribution is -2.49. The Hall–Kier alpha value is -1.79. The van der Waals surface area contributed by atoms with Crippen molar-refractivity contribution in [3.8, 4) is 0 Å². The molecule has 0 spiro atoms. The molecule has 0 N–H and O–H groups in total. The van der Waals surface area contributed by atoms with Crippen molar-refractivity contribution >= 4 is 34.2 Å². The lowest BCUT2D eigenvalue weighted by atomic mass is 10.2. The zero-order valence-corrected chi connectivity index (χ0v) is 14.3. The third-order valence-electron chi connectivity index (χ3n) is 3.76. The van der Waals surface area contributed by atoms with Gasteiger partial charge in [-0.2, -0.15) is 0 Å². The minimum atomic E-state index is -0.0440. The zero-order chi connectivity index (χ0) is 16.1. The molecule has 120 valence electrons. The monoisotopic (exact) mass is 346 g/mol. The van der Waals surface area contributed by atoms with Crippen LogP contribution >= 0.6 is 24.0 Å². The number of hydrogen-bond donors (Lipinski definition) is 0. The van der Waals surface area contributed by atoms with Gasteiger partial charge in [0.2, 0.25) is 0 Å². The summed E-state index contributed by atoms with van der Waals surface area (Å²) in [6, 6.07) is 13.7. The van der Waals surface area contributed by atoms with Gasteiger partial charge in [-0.25, -0.2) is 0 Å². The van der Waals surface area contributed by atoms with Crippen LogP contribution < -0.4 is 0 Å². The van der Waals surface area contributed by atoms with Gasteiger partial charge in [0.05, 0.1) is 6.26 Å². The van der Waals surface area contributed by atoms with Crippen molar-refractivity contribution in [2.75, 3.05) is 26.2 Å². The predicted octanol–water partition coefficient (Wildman–Crippen LogP) is 3.26. The van der Waals surface area contributed by atoms with Gasteiger partial charge in [0.1, 0.15) is 4.32 Å². The van der Waals surface area contributed by atoms with E-state index in [2.05, 4.69) is 17.0 Å². The van der Waals surface area contributed by atoms with Crippen LogP contribution in [0.3, 0.4) is 0 Å². The number of rotatable bonds is 3. The number of nitrogens with zero attached hydrogens (tertiary/aromatic N) is 2. The highest BCUT2D eigenvalue weighted by molar-refractivity contribution is 8.22. The fourth-order valence-electron chi connectivity index (χ4n) is 2.46. The van der Waals surface area contributed by atoms with Crippen LogP contribution in [-0.4, -0.2) is 46.2 Å². The third-order valence-corrected chi connectivity index (χ3v) is 5.36. The quantitative estimate of drug-likeness (QED) is 0.798.